The van der Waals surface area contributed by atoms with Crippen molar-refractivity contribution in [2.75, 3.05) is 6.54 Å². The first-order valence-electron chi connectivity index (χ1n) is 12.6. The highest BCUT2D eigenvalue weighted by molar-refractivity contribution is 6.06. The van der Waals surface area contributed by atoms with E-state index in [0.29, 0.717) is 11.7 Å². The van der Waals surface area contributed by atoms with E-state index in [1.54, 1.807) is 56.3 Å². The van der Waals surface area contributed by atoms with Crippen LogP contribution in [0.1, 0.15) is 42.7 Å². The zero-order chi connectivity index (χ0) is 28.4. The number of rotatable bonds is 13. The van der Waals surface area contributed by atoms with Crippen LogP contribution in [-0.2, 0) is 25.7 Å². The Kier molecular flexibility index (Phi) is 10.3. The lowest BCUT2D eigenvalue weighted by atomic mass is 10.0. The van der Waals surface area contributed by atoms with E-state index in [-0.39, 0.29) is 31.0 Å². The molecule has 204 valence electrons. The highest BCUT2D eigenvalue weighted by Gasteiger charge is 2.31. The smallest absolute Gasteiger partial charge is 0.326 e. The van der Waals surface area contributed by atoms with Crippen LogP contribution in [-0.4, -0.2) is 63.6 Å². The summed E-state index contributed by atoms with van der Waals surface area (Å²) in [7, 11) is 0. The van der Waals surface area contributed by atoms with E-state index >= 15 is 0 Å². The minimum atomic E-state index is -1.28. The second-order valence-electron chi connectivity index (χ2n) is 9.46. The van der Waals surface area contributed by atoms with Gasteiger partial charge in [0.25, 0.3) is 5.91 Å². The molecule has 2 aromatic carbocycles. The van der Waals surface area contributed by atoms with Crippen molar-refractivity contribution in [3.63, 3.8) is 0 Å². The Balaban J connectivity index is 1.84. The fourth-order valence-corrected chi connectivity index (χ4v) is 4.14. The summed E-state index contributed by atoms with van der Waals surface area (Å²) in [6.07, 6.45) is 2.00. The van der Waals surface area contributed by atoms with Crippen molar-refractivity contribution in [3.05, 3.63) is 78.1 Å². The van der Waals surface area contributed by atoms with Gasteiger partial charge in [-0.1, -0.05) is 68.4 Å². The molecule has 1 aromatic heterocycles. The average molecular weight is 533 g/mol. The topological polar surface area (TPSA) is 146 Å². The number of amides is 3. The maximum atomic E-state index is 13.8. The molecular weight excluding hydrogens is 500 g/mol. The van der Waals surface area contributed by atoms with Crippen molar-refractivity contribution in [1.82, 2.24) is 20.5 Å². The number of benzene rings is 2. The SMILES string of the molecule is CC(C)[C@H](NC(=O)c1nccc2ccccc12)C(=O)N(CC(=O)N[C@H](CCC=O)C(=O)O)Cc1ccccc1. The van der Waals surface area contributed by atoms with Gasteiger partial charge in [0, 0.05) is 24.5 Å². The number of nitrogens with zero attached hydrogens (tertiary/aromatic N) is 2. The van der Waals surface area contributed by atoms with Gasteiger partial charge in [0.1, 0.15) is 24.1 Å². The lowest BCUT2D eigenvalue weighted by Gasteiger charge is -2.30. The van der Waals surface area contributed by atoms with E-state index in [9.17, 15) is 29.1 Å². The Labute approximate surface area is 226 Å². The number of fused-ring (bicyclic) bond motifs is 1. The fourth-order valence-electron chi connectivity index (χ4n) is 4.14. The number of nitrogens with one attached hydrogen (secondary N) is 2. The zero-order valence-corrected chi connectivity index (χ0v) is 21.9. The Hall–Kier alpha value is -4.60. The molecule has 3 amide bonds. The Morgan fingerprint density at radius 1 is 0.974 bits per heavy atom. The highest BCUT2D eigenvalue weighted by Crippen LogP contribution is 2.18. The van der Waals surface area contributed by atoms with Crippen LogP contribution in [0.4, 0.5) is 0 Å². The number of hydrogen-bond donors (Lipinski definition) is 3. The lowest BCUT2D eigenvalue weighted by molar-refractivity contribution is -0.143. The molecule has 39 heavy (non-hydrogen) atoms. The second kappa shape index (κ2) is 13.8. The van der Waals surface area contributed by atoms with Gasteiger partial charge in [-0.05, 0) is 29.4 Å². The van der Waals surface area contributed by atoms with E-state index in [2.05, 4.69) is 15.6 Å². The molecule has 3 aromatic rings. The van der Waals surface area contributed by atoms with Gasteiger partial charge in [0.15, 0.2) is 0 Å². The van der Waals surface area contributed by atoms with Crippen LogP contribution in [0.3, 0.4) is 0 Å². The molecule has 10 nitrogen and oxygen atoms in total. The summed E-state index contributed by atoms with van der Waals surface area (Å²) < 4.78 is 0. The van der Waals surface area contributed by atoms with Crippen LogP contribution in [0.2, 0.25) is 0 Å². The summed E-state index contributed by atoms with van der Waals surface area (Å²) >= 11 is 0. The van der Waals surface area contributed by atoms with Crippen molar-refractivity contribution in [2.24, 2.45) is 5.92 Å². The van der Waals surface area contributed by atoms with Crippen LogP contribution in [0.5, 0.6) is 0 Å². The van der Waals surface area contributed by atoms with Gasteiger partial charge in [-0.25, -0.2) is 4.79 Å². The van der Waals surface area contributed by atoms with Crippen LogP contribution >= 0.6 is 0 Å². The molecule has 0 bridgehead atoms. The van der Waals surface area contributed by atoms with Crippen molar-refractivity contribution < 1.29 is 29.1 Å². The quantitative estimate of drug-likeness (QED) is 0.287. The standard InChI is InChI=1S/C29H32N4O6/c1-19(2)25(32-27(36)26-22-12-7-6-11-21(22)14-15-30-26)28(37)33(17-20-9-4-3-5-10-20)18-24(35)31-23(29(38)39)13-8-16-34/h3-7,9-12,14-16,19,23,25H,8,13,17-18H2,1-2H3,(H,31,35)(H,32,36)(H,38,39)/t23-,25+/m1/s1. The van der Waals surface area contributed by atoms with Gasteiger partial charge in [0.05, 0.1) is 6.54 Å². The van der Waals surface area contributed by atoms with Crippen molar-refractivity contribution >= 4 is 40.7 Å². The molecule has 0 aliphatic carbocycles. The minimum Gasteiger partial charge on any atom is -0.480 e. The first-order valence-corrected chi connectivity index (χ1v) is 12.6. The van der Waals surface area contributed by atoms with Crippen LogP contribution in [0.15, 0.2) is 66.9 Å². The number of aldehydes is 1. The first kappa shape index (κ1) is 29.0. The Morgan fingerprint density at radius 3 is 2.33 bits per heavy atom. The van der Waals surface area contributed by atoms with Crippen molar-refractivity contribution in [2.45, 2.75) is 45.3 Å². The second-order valence-corrected chi connectivity index (χ2v) is 9.46. The Morgan fingerprint density at radius 2 is 1.67 bits per heavy atom. The minimum absolute atomic E-state index is 0.0342. The van der Waals surface area contributed by atoms with Gasteiger partial charge in [-0.3, -0.25) is 19.4 Å². The summed E-state index contributed by atoms with van der Waals surface area (Å²) in [5.41, 5.74) is 0.928. The molecular formula is C29H32N4O6. The number of carbonyl (C=O) groups is 5. The first-order chi connectivity index (χ1) is 18.7. The molecule has 2 atom stereocenters. The number of hydrogen-bond acceptors (Lipinski definition) is 6. The van der Waals surface area contributed by atoms with Gasteiger partial charge < -0.3 is 25.4 Å². The number of carboxylic acids is 1. The molecule has 0 fully saturated rings. The Bertz CT molecular complexity index is 1320. The largest absolute Gasteiger partial charge is 0.480 e. The molecule has 3 N–H and O–H groups in total. The third-order valence-electron chi connectivity index (χ3n) is 6.18. The number of aromatic nitrogens is 1. The van der Waals surface area contributed by atoms with Crippen LogP contribution in [0.25, 0.3) is 10.8 Å². The monoisotopic (exact) mass is 532 g/mol. The normalized spacial score (nSPS) is 12.4. The number of aliphatic carboxylic acids is 1. The third kappa shape index (κ3) is 7.94. The van der Waals surface area contributed by atoms with Gasteiger partial charge in [0.2, 0.25) is 11.8 Å². The molecule has 0 unspecified atom stereocenters. The van der Waals surface area contributed by atoms with Crippen LogP contribution < -0.4 is 10.6 Å². The van der Waals surface area contributed by atoms with E-state index in [4.69, 9.17) is 0 Å². The zero-order valence-electron chi connectivity index (χ0n) is 21.9. The summed E-state index contributed by atoms with van der Waals surface area (Å²) in [5, 5.41) is 16.1. The predicted octanol–water partition coefficient (Wildman–Crippen LogP) is 2.57. The average Bonchev–Trinajstić information content (AvgIpc) is 2.93. The molecule has 10 heteroatoms. The number of pyridine rings is 1. The van der Waals surface area contributed by atoms with E-state index in [1.165, 1.54) is 11.1 Å². The summed E-state index contributed by atoms with van der Waals surface area (Å²) in [6, 6.07) is 15.8. The summed E-state index contributed by atoms with van der Waals surface area (Å²) in [4.78, 5) is 67.7. The summed E-state index contributed by atoms with van der Waals surface area (Å²) in [6.45, 7) is 3.18. The fraction of sp³-hybridized carbons (Fsp3) is 0.310. The number of carbonyl (C=O) groups excluding carboxylic acids is 4. The van der Waals surface area contributed by atoms with Crippen molar-refractivity contribution in [3.8, 4) is 0 Å². The number of carboxylic acid groups (broad SMARTS) is 1. The predicted molar refractivity (Wildman–Crippen MR) is 145 cm³/mol. The molecule has 0 saturated carbocycles. The van der Waals surface area contributed by atoms with Crippen LogP contribution in [0, 0.1) is 5.92 Å². The summed E-state index contributed by atoms with van der Waals surface area (Å²) in [5.74, 6) is -3.33. The maximum absolute atomic E-state index is 13.8. The molecule has 0 saturated heterocycles. The highest BCUT2D eigenvalue weighted by atomic mass is 16.4. The molecule has 0 radical (unpaired) electrons. The maximum Gasteiger partial charge on any atom is 0.326 e. The van der Waals surface area contributed by atoms with E-state index in [1.807, 2.05) is 18.2 Å². The van der Waals surface area contributed by atoms with Gasteiger partial charge in [-0.15, -0.1) is 0 Å². The van der Waals surface area contributed by atoms with Gasteiger partial charge >= 0.3 is 5.97 Å². The van der Waals surface area contributed by atoms with E-state index < -0.39 is 42.3 Å². The molecule has 0 aliphatic rings. The molecule has 0 aliphatic heterocycles. The van der Waals surface area contributed by atoms with Crippen molar-refractivity contribution in [1.29, 1.82) is 0 Å². The lowest BCUT2D eigenvalue weighted by Crippen LogP contribution is -2.54. The molecule has 0 spiro atoms. The molecule has 3 rings (SSSR count). The van der Waals surface area contributed by atoms with E-state index in [0.717, 1.165) is 10.9 Å². The molecule has 1 heterocycles. The third-order valence-corrected chi connectivity index (χ3v) is 6.18. The van der Waals surface area contributed by atoms with Gasteiger partial charge in [-0.2, -0.15) is 0 Å².